The first kappa shape index (κ1) is 26.1. The molecule has 0 atom stereocenters. The Balaban J connectivity index is 1.44. The molecule has 190 valence electrons. The third-order valence-corrected chi connectivity index (χ3v) is 7.67. The van der Waals surface area contributed by atoms with Gasteiger partial charge in [0.05, 0.1) is 16.9 Å². The standard InChI is InChI=1S/C30H29NO5S/c1-35-30(32)28-20-27(16-17-29(28)36-22-25-10-6-3-7-11-25)37(33,34)26-14-12-23(13-15-26)18-19-31-21-24-8-4-2-5-9-24/h2-17,20,31H,18-19,21-22H2,1H3. The fraction of sp³-hybridized carbons (Fsp3) is 0.167. The predicted octanol–water partition coefficient (Wildman–Crippen LogP) is 5.22. The smallest absolute Gasteiger partial charge is 0.341 e. The van der Waals surface area contributed by atoms with Crippen LogP contribution in [0.25, 0.3) is 0 Å². The summed E-state index contributed by atoms with van der Waals surface area (Å²) in [4.78, 5) is 12.6. The van der Waals surface area contributed by atoms with Crippen molar-refractivity contribution in [3.05, 3.63) is 125 Å². The van der Waals surface area contributed by atoms with Gasteiger partial charge in [0.15, 0.2) is 0 Å². The van der Waals surface area contributed by atoms with E-state index in [1.807, 2.05) is 60.7 Å². The third-order valence-electron chi connectivity index (χ3n) is 5.90. The molecule has 0 unspecified atom stereocenters. The van der Waals surface area contributed by atoms with Gasteiger partial charge in [-0.25, -0.2) is 13.2 Å². The minimum Gasteiger partial charge on any atom is -0.488 e. The molecule has 0 aliphatic heterocycles. The number of carbonyl (C=O) groups excluding carboxylic acids is 1. The monoisotopic (exact) mass is 515 g/mol. The Morgan fingerprint density at radius 1 is 0.757 bits per heavy atom. The van der Waals surface area contributed by atoms with Gasteiger partial charge in [-0.15, -0.1) is 0 Å². The number of sulfone groups is 1. The molecule has 0 radical (unpaired) electrons. The molecule has 0 fully saturated rings. The Morgan fingerprint density at radius 2 is 1.38 bits per heavy atom. The summed E-state index contributed by atoms with van der Waals surface area (Å²) in [6.07, 6.45) is 0.771. The molecule has 1 N–H and O–H groups in total. The largest absolute Gasteiger partial charge is 0.488 e. The molecule has 0 aromatic heterocycles. The van der Waals surface area contributed by atoms with Crippen molar-refractivity contribution >= 4 is 15.8 Å². The fourth-order valence-corrected chi connectivity index (χ4v) is 5.13. The lowest BCUT2D eigenvalue weighted by Crippen LogP contribution is -2.16. The van der Waals surface area contributed by atoms with E-state index >= 15 is 0 Å². The third kappa shape index (κ3) is 6.84. The molecule has 0 bridgehead atoms. The Bertz CT molecular complexity index is 1420. The zero-order valence-electron chi connectivity index (χ0n) is 20.6. The van der Waals surface area contributed by atoms with Crippen LogP contribution in [0.5, 0.6) is 5.75 Å². The van der Waals surface area contributed by atoms with E-state index < -0.39 is 15.8 Å². The van der Waals surface area contributed by atoms with Gasteiger partial charge in [-0.05, 0) is 60.0 Å². The summed E-state index contributed by atoms with van der Waals surface area (Å²) in [7, 11) is -2.60. The van der Waals surface area contributed by atoms with Crippen molar-refractivity contribution < 1.29 is 22.7 Å². The van der Waals surface area contributed by atoms with Crippen molar-refractivity contribution in [3.63, 3.8) is 0 Å². The van der Waals surface area contributed by atoms with Crippen LogP contribution in [-0.2, 0) is 34.1 Å². The molecule has 0 heterocycles. The first-order valence-corrected chi connectivity index (χ1v) is 13.4. The second-order valence-electron chi connectivity index (χ2n) is 8.48. The minimum absolute atomic E-state index is 0.00256. The molecular weight excluding hydrogens is 486 g/mol. The first-order chi connectivity index (χ1) is 18.0. The van der Waals surface area contributed by atoms with Crippen molar-refractivity contribution in [1.82, 2.24) is 5.32 Å². The van der Waals surface area contributed by atoms with E-state index in [9.17, 15) is 13.2 Å². The normalized spacial score (nSPS) is 11.2. The molecule has 4 aromatic rings. The molecule has 6 nitrogen and oxygen atoms in total. The van der Waals surface area contributed by atoms with Crippen LogP contribution in [0, 0.1) is 0 Å². The van der Waals surface area contributed by atoms with Crippen LogP contribution >= 0.6 is 0 Å². The Hall–Kier alpha value is -3.94. The van der Waals surface area contributed by atoms with Crippen LogP contribution in [0.3, 0.4) is 0 Å². The van der Waals surface area contributed by atoms with Crippen molar-refractivity contribution in [1.29, 1.82) is 0 Å². The highest BCUT2D eigenvalue weighted by molar-refractivity contribution is 7.91. The maximum atomic E-state index is 13.3. The molecule has 0 saturated heterocycles. The van der Waals surface area contributed by atoms with Crippen LogP contribution in [0.15, 0.2) is 113 Å². The highest BCUT2D eigenvalue weighted by atomic mass is 32.2. The van der Waals surface area contributed by atoms with Gasteiger partial charge in [-0.2, -0.15) is 0 Å². The van der Waals surface area contributed by atoms with Crippen LogP contribution in [0.4, 0.5) is 0 Å². The molecule has 4 rings (SSSR count). The molecule has 0 aliphatic rings. The number of carbonyl (C=O) groups is 1. The van der Waals surface area contributed by atoms with Crippen LogP contribution in [0.2, 0.25) is 0 Å². The number of esters is 1. The Labute approximate surface area is 217 Å². The van der Waals surface area contributed by atoms with Crippen molar-refractivity contribution in [2.45, 2.75) is 29.4 Å². The molecule has 0 amide bonds. The second-order valence-corrected chi connectivity index (χ2v) is 10.4. The summed E-state index contributed by atoms with van der Waals surface area (Å²) in [5.74, 6) is -0.411. The molecule has 4 aromatic carbocycles. The molecule has 37 heavy (non-hydrogen) atoms. The van der Waals surface area contributed by atoms with E-state index in [1.165, 1.54) is 30.9 Å². The second kappa shape index (κ2) is 12.3. The van der Waals surface area contributed by atoms with Gasteiger partial charge in [0, 0.05) is 6.54 Å². The van der Waals surface area contributed by atoms with E-state index in [2.05, 4.69) is 17.4 Å². The van der Waals surface area contributed by atoms with Crippen molar-refractivity contribution in [3.8, 4) is 5.75 Å². The Morgan fingerprint density at radius 3 is 2.03 bits per heavy atom. The molecular formula is C30H29NO5S. The number of rotatable bonds is 11. The first-order valence-electron chi connectivity index (χ1n) is 11.9. The summed E-state index contributed by atoms with van der Waals surface area (Å²) >= 11 is 0. The van der Waals surface area contributed by atoms with Crippen LogP contribution < -0.4 is 10.1 Å². The summed E-state index contributed by atoms with van der Waals surface area (Å²) in [6, 6.07) is 30.7. The van der Waals surface area contributed by atoms with E-state index in [-0.39, 0.29) is 27.7 Å². The fourth-order valence-electron chi connectivity index (χ4n) is 3.84. The maximum absolute atomic E-state index is 13.3. The van der Waals surface area contributed by atoms with Gasteiger partial charge >= 0.3 is 5.97 Å². The average molecular weight is 516 g/mol. The predicted molar refractivity (Wildman–Crippen MR) is 142 cm³/mol. The topological polar surface area (TPSA) is 81.7 Å². The number of methoxy groups -OCH3 is 1. The van der Waals surface area contributed by atoms with E-state index in [4.69, 9.17) is 9.47 Å². The number of hydrogen-bond acceptors (Lipinski definition) is 6. The van der Waals surface area contributed by atoms with Gasteiger partial charge in [-0.1, -0.05) is 72.8 Å². The summed E-state index contributed by atoms with van der Waals surface area (Å²) < 4.78 is 37.3. The van der Waals surface area contributed by atoms with E-state index in [0.717, 1.165) is 30.6 Å². The molecule has 7 heteroatoms. The van der Waals surface area contributed by atoms with Gasteiger partial charge in [-0.3, -0.25) is 0 Å². The number of nitrogens with one attached hydrogen (secondary N) is 1. The summed E-state index contributed by atoms with van der Waals surface area (Å²) in [6.45, 7) is 1.79. The van der Waals surface area contributed by atoms with Gasteiger partial charge in [0.25, 0.3) is 0 Å². The summed E-state index contributed by atoms with van der Waals surface area (Å²) in [5.41, 5.74) is 3.22. The SMILES string of the molecule is COC(=O)c1cc(S(=O)(=O)c2ccc(CCNCc3ccccc3)cc2)ccc1OCc1ccccc1. The zero-order chi connectivity index (χ0) is 26.1. The average Bonchev–Trinajstić information content (AvgIpc) is 2.95. The number of benzene rings is 4. The lowest BCUT2D eigenvalue weighted by atomic mass is 10.1. The maximum Gasteiger partial charge on any atom is 0.341 e. The van der Waals surface area contributed by atoms with E-state index in [1.54, 1.807) is 12.1 Å². The lowest BCUT2D eigenvalue weighted by Gasteiger charge is -2.13. The number of ether oxygens (including phenoxy) is 2. The molecule has 0 aliphatic carbocycles. The summed E-state index contributed by atoms with van der Waals surface area (Å²) in [5, 5.41) is 3.40. The quantitative estimate of drug-likeness (QED) is 0.218. The van der Waals surface area contributed by atoms with Crippen molar-refractivity contribution in [2.75, 3.05) is 13.7 Å². The highest BCUT2D eigenvalue weighted by Gasteiger charge is 2.22. The van der Waals surface area contributed by atoms with Gasteiger partial charge < -0.3 is 14.8 Å². The van der Waals surface area contributed by atoms with Gasteiger partial charge in [0.2, 0.25) is 9.84 Å². The van der Waals surface area contributed by atoms with Crippen molar-refractivity contribution in [2.24, 2.45) is 0 Å². The van der Waals surface area contributed by atoms with Gasteiger partial charge in [0.1, 0.15) is 17.9 Å². The minimum atomic E-state index is -3.84. The zero-order valence-corrected chi connectivity index (χ0v) is 21.4. The van der Waals surface area contributed by atoms with Crippen LogP contribution in [-0.4, -0.2) is 28.0 Å². The Kier molecular flexibility index (Phi) is 8.72. The molecule has 0 spiro atoms. The number of hydrogen-bond donors (Lipinski definition) is 1. The van der Waals surface area contributed by atoms with Crippen LogP contribution in [0.1, 0.15) is 27.0 Å². The van der Waals surface area contributed by atoms with E-state index in [0.29, 0.717) is 0 Å². The highest BCUT2D eigenvalue weighted by Crippen LogP contribution is 2.28. The lowest BCUT2D eigenvalue weighted by molar-refractivity contribution is 0.0595. The molecule has 0 saturated carbocycles.